The number of piperidine rings is 3. The number of aryl methyl sites for hydroxylation is 1. The molecule has 9 nitrogen and oxygen atoms in total. The summed E-state index contributed by atoms with van der Waals surface area (Å²) in [4.78, 5) is 45.5. The Bertz CT molecular complexity index is 1150. The van der Waals surface area contributed by atoms with Crippen LogP contribution in [0, 0.1) is 36.0 Å². The summed E-state index contributed by atoms with van der Waals surface area (Å²) in [6.45, 7) is 2.47. The highest BCUT2D eigenvalue weighted by molar-refractivity contribution is 5.92. The van der Waals surface area contributed by atoms with Crippen LogP contribution in [0.3, 0.4) is 0 Å². The number of pyridine rings is 1. The van der Waals surface area contributed by atoms with Crippen molar-refractivity contribution < 1.29 is 23.2 Å². The fourth-order valence-electron chi connectivity index (χ4n) is 6.49. The predicted molar refractivity (Wildman–Crippen MR) is 138 cm³/mol. The van der Waals surface area contributed by atoms with Crippen molar-refractivity contribution in [2.24, 2.45) is 17.8 Å². The van der Waals surface area contributed by atoms with E-state index >= 15 is 8.78 Å². The highest BCUT2D eigenvalue weighted by atomic mass is 19.3. The van der Waals surface area contributed by atoms with Crippen LogP contribution in [0.5, 0.6) is 0 Å². The SMILES string of the molecule is Cc1cncc(N[C@@H](CC2CC2)C(=O)N2[C@@H]3CC[C@H]([C@H]2C(=O)N[C@H](C#N)C[C@H]2CCCNC2=O)C(F)(F)C3)c1. The molecular formula is C28H36F2N6O3. The first-order valence-corrected chi connectivity index (χ1v) is 14.0. The maximum atomic E-state index is 15.1. The van der Waals surface area contributed by atoms with Crippen LogP contribution in [0.15, 0.2) is 18.5 Å². The summed E-state index contributed by atoms with van der Waals surface area (Å²) < 4.78 is 30.3. The standard InChI is InChI=1S/C28H36F2N6O3/c1-16-9-20(15-32-14-16)34-23(10-17-4-5-17)27(39)36-21-6-7-22(28(29,30)12-21)24(36)26(38)35-19(13-31)11-18-3-2-8-33-25(18)37/h9,14-15,17-19,21-24,34H,2-8,10-12H2,1H3,(H,33,37)(H,35,38)/t18-,19+,21-,22-,23+,24+/m1/s1. The number of carbonyl (C=O) groups excluding carboxylic acids is 3. The molecule has 3 amide bonds. The minimum atomic E-state index is -3.09. The van der Waals surface area contributed by atoms with Gasteiger partial charge in [0.2, 0.25) is 17.7 Å². The van der Waals surface area contributed by atoms with Crippen molar-refractivity contribution in [3.8, 4) is 6.07 Å². The second kappa shape index (κ2) is 11.1. The summed E-state index contributed by atoms with van der Waals surface area (Å²) in [5, 5.41) is 18.4. The first-order chi connectivity index (χ1) is 18.7. The molecule has 3 aliphatic heterocycles. The molecular weight excluding hydrogens is 506 g/mol. The third-order valence-corrected chi connectivity index (χ3v) is 8.63. The molecule has 39 heavy (non-hydrogen) atoms. The van der Waals surface area contributed by atoms with Gasteiger partial charge in [-0.15, -0.1) is 0 Å². The molecule has 3 N–H and O–H groups in total. The Balaban J connectivity index is 1.38. The molecule has 2 saturated carbocycles. The van der Waals surface area contributed by atoms with Crippen LogP contribution in [0.4, 0.5) is 14.5 Å². The molecule has 5 fully saturated rings. The summed E-state index contributed by atoms with van der Waals surface area (Å²) in [6.07, 6.45) is 7.42. The zero-order valence-corrected chi connectivity index (χ0v) is 22.2. The van der Waals surface area contributed by atoms with E-state index in [0.29, 0.717) is 37.4 Å². The number of rotatable bonds is 9. The topological polar surface area (TPSA) is 127 Å². The van der Waals surface area contributed by atoms with Crippen LogP contribution in [-0.2, 0) is 14.4 Å². The average molecular weight is 543 g/mol. The third-order valence-electron chi connectivity index (χ3n) is 8.63. The zero-order chi connectivity index (χ0) is 27.7. The monoisotopic (exact) mass is 542 g/mol. The number of amides is 3. The first kappa shape index (κ1) is 27.3. The van der Waals surface area contributed by atoms with Crippen LogP contribution in [0.1, 0.15) is 63.4 Å². The van der Waals surface area contributed by atoms with Crippen molar-refractivity contribution in [1.82, 2.24) is 20.5 Å². The van der Waals surface area contributed by atoms with Crippen LogP contribution < -0.4 is 16.0 Å². The van der Waals surface area contributed by atoms with Gasteiger partial charge in [0.05, 0.1) is 17.7 Å². The number of halogens is 2. The number of carbonyl (C=O) groups is 3. The predicted octanol–water partition coefficient (Wildman–Crippen LogP) is 2.91. The van der Waals surface area contributed by atoms with Gasteiger partial charge in [0.1, 0.15) is 18.1 Å². The van der Waals surface area contributed by atoms with Crippen molar-refractivity contribution in [2.75, 3.05) is 11.9 Å². The van der Waals surface area contributed by atoms with E-state index in [0.717, 1.165) is 24.8 Å². The van der Waals surface area contributed by atoms with E-state index in [9.17, 15) is 19.6 Å². The molecule has 3 saturated heterocycles. The van der Waals surface area contributed by atoms with Gasteiger partial charge in [-0.25, -0.2) is 8.78 Å². The zero-order valence-electron chi connectivity index (χ0n) is 22.2. The molecule has 4 heterocycles. The van der Waals surface area contributed by atoms with E-state index in [-0.39, 0.29) is 24.7 Å². The maximum Gasteiger partial charge on any atom is 0.255 e. The van der Waals surface area contributed by atoms with Gasteiger partial charge < -0.3 is 20.9 Å². The van der Waals surface area contributed by atoms with Gasteiger partial charge in [-0.2, -0.15) is 5.26 Å². The van der Waals surface area contributed by atoms with E-state index < -0.39 is 54.3 Å². The van der Waals surface area contributed by atoms with Gasteiger partial charge in [-0.05, 0) is 63.0 Å². The lowest BCUT2D eigenvalue weighted by molar-refractivity contribution is -0.194. The number of nitrogens with one attached hydrogen (secondary N) is 3. The van der Waals surface area contributed by atoms with Crippen molar-refractivity contribution in [1.29, 1.82) is 5.26 Å². The minimum Gasteiger partial charge on any atom is -0.372 e. The van der Waals surface area contributed by atoms with Gasteiger partial charge in [0.15, 0.2) is 0 Å². The van der Waals surface area contributed by atoms with E-state index in [1.54, 1.807) is 12.4 Å². The smallest absolute Gasteiger partial charge is 0.255 e. The second-order valence-electron chi connectivity index (χ2n) is 11.7. The van der Waals surface area contributed by atoms with Gasteiger partial charge in [-0.1, -0.05) is 12.8 Å². The van der Waals surface area contributed by atoms with Crippen molar-refractivity contribution in [3.63, 3.8) is 0 Å². The lowest BCUT2D eigenvalue weighted by Crippen LogP contribution is -2.70. The van der Waals surface area contributed by atoms with Crippen LogP contribution in [-0.4, -0.2) is 64.2 Å². The Morgan fingerprint density at radius 3 is 2.69 bits per heavy atom. The Hall–Kier alpha value is -3.29. The third kappa shape index (κ3) is 5.99. The Labute approximate surface area is 227 Å². The summed E-state index contributed by atoms with van der Waals surface area (Å²) in [5.41, 5.74) is 1.58. The van der Waals surface area contributed by atoms with E-state index in [4.69, 9.17) is 0 Å². The van der Waals surface area contributed by atoms with Gasteiger partial charge in [0, 0.05) is 37.3 Å². The molecule has 2 aliphatic carbocycles. The van der Waals surface area contributed by atoms with Gasteiger partial charge >= 0.3 is 0 Å². The summed E-state index contributed by atoms with van der Waals surface area (Å²) in [6, 6.07) is 0.0543. The Morgan fingerprint density at radius 2 is 2.03 bits per heavy atom. The highest BCUT2D eigenvalue weighted by Gasteiger charge is 2.61. The molecule has 0 radical (unpaired) electrons. The van der Waals surface area contributed by atoms with Crippen LogP contribution in [0.2, 0.25) is 0 Å². The normalized spacial score (nSPS) is 29.1. The molecule has 6 rings (SSSR count). The number of anilines is 1. The van der Waals surface area contributed by atoms with Crippen LogP contribution in [0.25, 0.3) is 0 Å². The molecule has 1 aromatic heterocycles. The number of nitrogens with zero attached hydrogens (tertiary/aromatic N) is 3. The summed E-state index contributed by atoms with van der Waals surface area (Å²) in [7, 11) is 0. The van der Waals surface area contributed by atoms with E-state index in [2.05, 4.69) is 20.9 Å². The van der Waals surface area contributed by atoms with Gasteiger partial charge in [0.25, 0.3) is 5.92 Å². The molecule has 5 aliphatic rings. The molecule has 0 unspecified atom stereocenters. The maximum absolute atomic E-state index is 15.1. The number of hydrogen-bond donors (Lipinski definition) is 3. The molecule has 2 bridgehead atoms. The molecule has 0 aromatic carbocycles. The molecule has 210 valence electrons. The van der Waals surface area contributed by atoms with Crippen molar-refractivity contribution in [3.05, 3.63) is 24.0 Å². The highest BCUT2D eigenvalue weighted by Crippen LogP contribution is 2.49. The molecule has 11 heteroatoms. The van der Waals surface area contributed by atoms with Crippen molar-refractivity contribution in [2.45, 2.75) is 94.8 Å². The lowest BCUT2D eigenvalue weighted by atomic mass is 9.71. The number of fused-ring (bicyclic) bond motifs is 3. The number of hydrogen-bond acceptors (Lipinski definition) is 6. The van der Waals surface area contributed by atoms with Gasteiger partial charge in [-0.3, -0.25) is 19.4 Å². The van der Waals surface area contributed by atoms with Crippen molar-refractivity contribution >= 4 is 23.4 Å². The first-order valence-electron chi connectivity index (χ1n) is 14.0. The number of aromatic nitrogens is 1. The average Bonchev–Trinajstić information content (AvgIpc) is 3.72. The Kier molecular flexibility index (Phi) is 7.74. The minimum absolute atomic E-state index is 0.103. The Morgan fingerprint density at radius 1 is 1.23 bits per heavy atom. The number of nitriles is 1. The summed E-state index contributed by atoms with van der Waals surface area (Å²) >= 11 is 0. The fraction of sp³-hybridized carbons (Fsp3) is 0.679. The second-order valence-corrected chi connectivity index (χ2v) is 11.7. The van der Waals surface area contributed by atoms with E-state index in [1.807, 2.05) is 19.1 Å². The molecule has 1 aromatic rings. The fourth-order valence-corrected chi connectivity index (χ4v) is 6.49. The quantitative estimate of drug-likeness (QED) is 0.440. The lowest BCUT2D eigenvalue weighted by Gasteiger charge is -2.54. The number of alkyl halides is 2. The molecule has 0 spiro atoms. The molecule has 6 atom stereocenters. The largest absolute Gasteiger partial charge is 0.372 e. The van der Waals surface area contributed by atoms with Crippen LogP contribution >= 0.6 is 0 Å². The summed E-state index contributed by atoms with van der Waals surface area (Å²) in [5.74, 6) is -5.77. The van der Waals surface area contributed by atoms with E-state index in [1.165, 1.54) is 4.90 Å².